The molecule has 4 nitrogen and oxygen atoms in total. The third kappa shape index (κ3) is 4.42. The van der Waals surface area contributed by atoms with Gasteiger partial charge in [0.2, 0.25) is 0 Å². The van der Waals surface area contributed by atoms with Gasteiger partial charge in [-0.3, -0.25) is 4.99 Å². The summed E-state index contributed by atoms with van der Waals surface area (Å²) in [5.41, 5.74) is 9.04. The second kappa shape index (κ2) is 7.33. The number of aryl methyl sites for hydroxylation is 3. The molecule has 0 radical (unpaired) electrons. The highest BCUT2D eigenvalue weighted by molar-refractivity contribution is 5.86. The van der Waals surface area contributed by atoms with E-state index in [9.17, 15) is 4.39 Å². The quantitative estimate of drug-likeness (QED) is 0.813. The van der Waals surface area contributed by atoms with Crippen LogP contribution in [0.1, 0.15) is 22.4 Å². The van der Waals surface area contributed by atoms with Gasteiger partial charge in [0.25, 0.3) is 0 Å². The first-order valence-corrected chi connectivity index (χ1v) is 6.17. The third-order valence-electron chi connectivity index (χ3n) is 2.69. The number of nitrogen functional groups attached to an aromatic ring is 1. The first-order valence-electron chi connectivity index (χ1n) is 6.17. The van der Waals surface area contributed by atoms with E-state index in [1.54, 1.807) is 26.3 Å². The van der Waals surface area contributed by atoms with E-state index in [1.165, 1.54) is 12.4 Å². The molecule has 5 heteroatoms. The van der Waals surface area contributed by atoms with Crippen LogP contribution in [-0.2, 0) is 0 Å². The average Bonchev–Trinajstić information content (AvgIpc) is 2.40. The van der Waals surface area contributed by atoms with E-state index in [0.717, 1.165) is 22.4 Å². The molecule has 1 heterocycles. The molecule has 106 valence electrons. The van der Waals surface area contributed by atoms with Crippen LogP contribution in [0.4, 0.5) is 10.2 Å². The second-order valence-corrected chi connectivity index (χ2v) is 4.40. The van der Waals surface area contributed by atoms with Crippen LogP contribution in [0, 0.1) is 26.6 Å². The Morgan fingerprint density at radius 2 is 1.90 bits per heavy atom. The minimum atomic E-state index is -0.124. The van der Waals surface area contributed by atoms with Crippen molar-refractivity contribution in [1.29, 1.82) is 0 Å². The summed E-state index contributed by atoms with van der Waals surface area (Å²) < 4.78 is 12.5. The van der Waals surface area contributed by atoms with E-state index < -0.39 is 0 Å². The molecule has 0 amide bonds. The number of hydrogen-bond donors (Lipinski definition) is 1. The molecule has 20 heavy (non-hydrogen) atoms. The summed E-state index contributed by atoms with van der Waals surface area (Å²) in [7, 11) is 1.69. The van der Waals surface area contributed by atoms with Gasteiger partial charge in [-0.1, -0.05) is 17.7 Å². The van der Waals surface area contributed by atoms with Gasteiger partial charge in [0.15, 0.2) is 0 Å². The van der Waals surface area contributed by atoms with E-state index in [0.29, 0.717) is 5.82 Å². The van der Waals surface area contributed by atoms with Crippen LogP contribution in [0.3, 0.4) is 0 Å². The molecule has 2 rings (SSSR count). The van der Waals surface area contributed by atoms with Crippen molar-refractivity contribution in [3.05, 3.63) is 52.7 Å². The molecule has 1 aromatic heterocycles. The van der Waals surface area contributed by atoms with Gasteiger partial charge in [-0.05, 0) is 32.4 Å². The van der Waals surface area contributed by atoms with Gasteiger partial charge in [0, 0.05) is 13.3 Å². The molecule has 0 spiro atoms. The molecule has 0 aliphatic heterocycles. The lowest BCUT2D eigenvalue weighted by atomic mass is 10.1. The number of benzene rings is 1. The van der Waals surface area contributed by atoms with Gasteiger partial charge < -0.3 is 5.73 Å². The van der Waals surface area contributed by atoms with E-state index in [1.807, 2.05) is 19.9 Å². The highest BCUT2D eigenvalue weighted by atomic mass is 19.1. The maximum atomic E-state index is 12.5. The number of aliphatic imine (C=N–C) groups is 1. The standard InChI is InChI=1S/C8H9F.C7H10N4/c1-6-3-4-8(9)7(2)5-6;1-5-6(3-9-2)7(8)11-4-10-5/h3-5H,1-2H3;3-4H,1-2H3,(H2,8,10,11). The molecule has 1 aromatic carbocycles. The number of aromatic nitrogens is 2. The van der Waals surface area contributed by atoms with Crippen molar-refractivity contribution in [3.63, 3.8) is 0 Å². The van der Waals surface area contributed by atoms with Crippen molar-refractivity contribution in [3.8, 4) is 0 Å². The van der Waals surface area contributed by atoms with Crippen LogP contribution in [0.15, 0.2) is 29.5 Å². The third-order valence-corrected chi connectivity index (χ3v) is 2.69. The van der Waals surface area contributed by atoms with Gasteiger partial charge in [-0.2, -0.15) is 0 Å². The smallest absolute Gasteiger partial charge is 0.135 e. The Hall–Kier alpha value is -2.30. The lowest BCUT2D eigenvalue weighted by Gasteiger charge is -1.99. The SMILES string of the molecule is CN=Cc1c(C)ncnc1N.Cc1ccc(F)c(C)c1. The predicted octanol–water partition coefficient (Wildman–Crippen LogP) is 2.86. The zero-order valence-electron chi connectivity index (χ0n) is 12.2. The number of nitrogens with zero attached hydrogens (tertiary/aromatic N) is 3. The maximum Gasteiger partial charge on any atom is 0.135 e. The predicted molar refractivity (Wildman–Crippen MR) is 80.6 cm³/mol. The molecule has 0 aliphatic rings. The normalized spacial score (nSPS) is 10.2. The second-order valence-electron chi connectivity index (χ2n) is 4.40. The molecule has 0 fully saturated rings. The van der Waals surface area contributed by atoms with Gasteiger partial charge in [-0.15, -0.1) is 0 Å². The maximum absolute atomic E-state index is 12.5. The zero-order chi connectivity index (χ0) is 15.1. The molecule has 0 bridgehead atoms. The Kier molecular flexibility index (Phi) is 5.77. The Labute approximate surface area is 118 Å². The van der Waals surface area contributed by atoms with Crippen LogP contribution >= 0.6 is 0 Å². The van der Waals surface area contributed by atoms with E-state index >= 15 is 0 Å². The van der Waals surface area contributed by atoms with E-state index in [-0.39, 0.29) is 5.82 Å². The lowest BCUT2D eigenvalue weighted by molar-refractivity contribution is 0.618. The number of nitrogens with two attached hydrogens (primary N) is 1. The molecule has 0 saturated carbocycles. The number of halogens is 1. The van der Waals surface area contributed by atoms with Crippen LogP contribution in [-0.4, -0.2) is 23.2 Å². The summed E-state index contributed by atoms with van der Waals surface area (Å²) in [5.74, 6) is 0.351. The Morgan fingerprint density at radius 3 is 2.40 bits per heavy atom. The number of anilines is 1. The van der Waals surface area contributed by atoms with Crippen molar-refractivity contribution >= 4 is 12.0 Å². The molecule has 0 unspecified atom stereocenters. The van der Waals surface area contributed by atoms with Gasteiger partial charge in [0.05, 0.1) is 11.3 Å². The lowest BCUT2D eigenvalue weighted by Crippen LogP contribution is -2.01. The van der Waals surface area contributed by atoms with Crippen molar-refractivity contribution in [2.75, 3.05) is 12.8 Å². The fourth-order valence-electron chi connectivity index (χ4n) is 1.59. The fourth-order valence-corrected chi connectivity index (χ4v) is 1.59. The molecular formula is C15H19FN4. The Bertz CT molecular complexity index is 589. The highest BCUT2D eigenvalue weighted by Crippen LogP contribution is 2.07. The highest BCUT2D eigenvalue weighted by Gasteiger charge is 2.00. The first kappa shape index (κ1) is 15.8. The van der Waals surface area contributed by atoms with Crippen LogP contribution in [0.25, 0.3) is 0 Å². The molecule has 2 N–H and O–H groups in total. The topological polar surface area (TPSA) is 64.2 Å². The van der Waals surface area contributed by atoms with Crippen molar-refractivity contribution in [1.82, 2.24) is 9.97 Å². The van der Waals surface area contributed by atoms with E-state index in [4.69, 9.17) is 5.73 Å². The molecule has 0 atom stereocenters. The summed E-state index contributed by atoms with van der Waals surface area (Å²) in [6, 6.07) is 5.09. The monoisotopic (exact) mass is 274 g/mol. The van der Waals surface area contributed by atoms with Crippen molar-refractivity contribution < 1.29 is 4.39 Å². The molecular weight excluding hydrogens is 255 g/mol. The number of rotatable bonds is 1. The van der Waals surface area contributed by atoms with Crippen molar-refractivity contribution in [2.24, 2.45) is 4.99 Å². The number of hydrogen-bond acceptors (Lipinski definition) is 4. The Balaban J connectivity index is 0.000000204. The fraction of sp³-hybridized carbons (Fsp3) is 0.267. The summed E-state index contributed by atoms with van der Waals surface area (Å²) in [6.45, 7) is 5.59. The van der Waals surface area contributed by atoms with Crippen LogP contribution in [0.2, 0.25) is 0 Å². The largest absolute Gasteiger partial charge is 0.383 e. The van der Waals surface area contributed by atoms with Gasteiger partial charge >= 0.3 is 0 Å². The van der Waals surface area contributed by atoms with Crippen LogP contribution in [0.5, 0.6) is 0 Å². The van der Waals surface area contributed by atoms with E-state index in [2.05, 4.69) is 15.0 Å². The summed E-state index contributed by atoms with van der Waals surface area (Å²) >= 11 is 0. The molecule has 0 saturated heterocycles. The minimum absolute atomic E-state index is 0.124. The minimum Gasteiger partial charge on any atom is -0.383 e. The van der Waals surface area contributed by atoms with Gasteiger partial charge in [-0.25, -0.2) is 14.4 Å². The first-order chi connectivity index (χ1) is 9.45. The summed E-state index contributed by atoms with van der Waals surface area (Å²) in [4.78, 5) is 11.7. The van der Waals surface area contributed by atoms with Crippen LogP contribution < -0.4 is 5.73 Å². The summed E-state index contributed by atoms with van der Waals surface area (Å²) in [5, 5.41) is 0. The Morgan fingerprint density at radius 1 is 1.20 bits per heavy atom. The molecule has 0 aliphatic carbocycles. The van der Waals surface area contributed by atoms with Crippen molar-refractivity contribution in [2.45, 2.75) is 20.8 Å². The summed E-state index contributed by atoms with van der Waals surface area (Å²) in [6.07, 6.45) is 3.10. The average molecular weight is 274 g/mol. The zero-order valence-corrected chi connectivity index (χ0v) is 12.2. The van der Waals surface area contributed by atoms with Gasteiger partial charge in [0.1, 0.15) is 18.0 Å². The molecule has 2 aromatic rings.